The van der Waals surface area contributed by atoms with E-state index in [1.54, 1.807) is 0 Å². The molecule has 5 N–H and O–H groups in total. The Labute approximate surface area is 103 Å². The fourth-order valence-electron chi connectivity index (χ4n) is 1.75. The average molecular weight is 250 g/mol. The molecule has 1 amide bonds. The van der Waals surface area contributed by atoms with Gasteiger partial charge in [0, 0.05) is 6.54 Å². The Balaban J connectivity index is 2.24. The first-order chi connectivity index (χ1) is 8.48. The molecule has 6 heteroatoms. The van der Waals surface area contributed by atoms with E-state index in [-0.39, 0.29) is 29.5 Å². The molecule has 96 valence electrons. The van der Waals surface area contributed by atoms with Crippen molar-refractivity contribution >= 4 is 17.6 Å². The standard InChI is InChI=1S/C12H14N2O4/c13-6-12(3-4-12)11(18)14-9-2-1-7(15)5-8(9)10(16)17/h1-2,5,15H,3-4,6,13H2,(H,14,18)(H,16,17). The molecular weight excluding hydrogens is 236 g/mol. The van der Waals surface area contributed by atoms with Gasteiger partial charge in [0.1, 0.15) is 5.75 Å². The minimum absolute atomic E-state index is 0.142. The summed E-state index contributed by atoms with van der Waals surface area (Å²) in [6, 6.07) is 3.79. The summed E-state index contributed by atoms with van der Waals surface area (Å²) in [4.78, 5) is 22.9. The summed E-state index contributed by atoms with van der Waals surface area (Å²) in [5.41, 5.74) is 5.01. The Bertz CT molecular complexity index is 509. The topological polar surface area (TPSA) is 113 Å². The normalized spacial score (nSPS) is 16.1. The molecule has 1 aliphatic carbocycles. The summed E-state index contributed by atoms with van der Waals surface area (Å²) < 4.78 is 0. The number of anilines is 1. The third-order valence-electron chi connectivity index (χ3n) is 3.21. The van der Waals surface area contributed by atoms with Crippen LogP contribution >= 0.6 is 0 Å². The van der Waals surface area contributed by atoms with Crippen molar-refractivity contribution in [2.75, 3.05) is 11.9 Å². The fourth-order valence-corrected chi connectivity index (χ4v) is 1.75. The first-order valence-corrected chi connectivity index (χ1v) is 5.56. The van der Waals surface area contributed by atoms with Gasteiger partial charge in [-0.3, -0.25) is 4.79 Å². The van der Waals surface area contributed by atoms with Gasteiger partial charge >= 0.3 is 5.97 Å². The summed E-state index contributed by atoms with van der Waals surface area (Å²) in [7, 11) is 0. The third kappa shape index (κ3) is 2.14. The van der Waals surface area contributed by atoms with E-state index in [4.69, 9.17) is 10.8 Å². The molecule has 0 heterocycles. The van der Waals surface area contributed by atoms with Crippen LogP contribution in [0.15, 0.2) is 18.2 Å². The highest BCUT2D eigenvalue weighted by atomic mass is 16.4. The van der Waals surface area contributed by atoms with E-state index in [2.05, 4.69) is 5.32 Å². The molecule has 0 atom stereocenters. The number of hydrogen-bond donors (Lipinski definition) is 4. The highest BCUT2D eigenvalue weighted by Gasteiger charge is 2.48. The van der Waals surface area contributed by atoms with Crippen molar-refractivity contribution in [1.82, 2.24) is 0 Å². The number of hydrogen-bond acceptors (Lipinski definition) is 4. The number of nitrogens with two attached hydrogens (primary N) is 1. The number of phenols is 1. The Kier molecular flexibility index (Phi) is 2.96. The van der Waals surface area contributed by atoms with Gasteiger partial charge in [-0.25, -0.2) is 4.79 Å². The molecule has 0 aliphatic heterocycles. The number of carbonyl (C=O) groups is 2. The van der Waals surface area contributed by atoms with Gasteiger partial charge in [-0.2, -0.15) is 0 Å². The molecule has 18 heavy (non-hydrogen) atoms. The Morgan fingerprint density at radius 3 is 2.56 bits per heavy atom. The van der Waals surface area contributed by atoms with Crippen molar-refractivity contribution in [2.24, 2.45) is 11.1 Å². The lowest BCUT2D eigenvalue weighted by molar-refractivity contribution is -0.120. The van der Waals surface area contributed by atoms with Crippen LogP contribution < -0.4 is 11.1 Å². The van der Waals surface area contributed by atoms with Gasteiger partial charge in [-0.05, 0) is 31.0 Å². The molecule has 0 saturated heterocycles. The van der Waals surface area contributed by atoms with E-state index in [0.717, 1.165) is 18.9 Å². The van der Waals surface area contributed by atoms with Crippen molar-refractivity contribution in [1.29, 1.82) is 0 Å². The second-order valence-corrected chi connectivity index (χ2v) is 4.47. The first-order valence-electron chi connectivity index (χ1n) is 5.56. The Hall–Kier alpha value is -2.08. The lowest BCUT2D eigenvalue weighted by atomic mass is 10.1. The van der Waals surface area contributed by atoms with Crippen LogP contribution in [0.2, 0.25) is 0 Å². The van der Waals surface area contributed by atoms with E-state index >= 15 is 0 Å². The minimum atomic E-state index is -1.21. The summed E-state index contributed by atoms with van der Waals surface area (Å²) in [6.07, 6.45) is 1.44. The molecule has 0 spiro atoms. The number of carboxylic acids is 1. The van der Waals surface area contributed by atoms with E-state index in [1.165, 1.54) is 12.1 Å². The van der Waals surface area contributed by atoms with Crippen molar-refractivity contribution in [3.05, 3.63) is 23.8 Å². The van der Waals surface area contributed by atoms with Crippen LogP contribution in [0.3, 0.4) is 0 Å². The van der Waals surface area contributed by atoms with Gasteiger partial charge < -0.3 is 21.3 Å². The third-order valence-corrected chi connectivity index (χ3v) is 3.21. The number of carboxylic acid groups (broad SMARTS) is 1. The molecule has 0 bridgehead atoms. The van der Waals surface area contributed by atoms with Crippen molar-refractivity contribution in [3.63, 3.8) is 0 Å². The summed E-state index contributed by atoms with van der Waals surface area (Å²) in [5.74, 6) is -1.64. The SMILES string of the molecule is NCC1(C(=O)Nc2ccc(O)cc2C(=O)O)CC1. The first kappa shape index (κ1) is 12.4. The number of amides is 1. The summed E-state index contributed by atoms with van der Waals surface area (Å²) in [5, 5.41) is 20.8. The molecule has 1 fully saturated rings. The molecule has 1 saturated carbocycles. The Morgan fingerprint density at radius 1 is 1.39 bits per heavy atom. The minimum Gasteiger partial charge on any atom is -0.508 e. The van der Waals surface area contributed by atoms with E-state index in [9.17, 15) is 14.7 Å². The van der Waals surface area contributed by atoms with E-state index in [0.29, 0.717) is 0 Å². The van der Waals surface area contributed by atoms with E-state index < -0.39 is 11.4 Å². The second-order valence-electron chi connectivity index (χ2n) is 4.47. The number of phenolic OH excluding ortho intramolecular Hbond substituents is 1. The van der Waals surface area contributed by atoms with Crippen LogP contribution in [0.4, 0.5) is 5.69 Å². The Morgan fingerprint density at radius 2 is 2.06 bits per heavy atom. The van der Waals surface area contributed by atoms with E-state index in [1.807, 2.05) is 0 Å². The van der Waals surface area contributed by atoms with Crippen molar-refractivity contribution in [2.45, 2.75) is 12.8 Å². The number of carbonyl (C=O) groups excluding carboxylic acids is 1. The zero-order chi connectivity index (χ0) is 13.3. The monoisotopic (exact) mass is 250 g/mol. The number of aromatic carboxylic acids is 1. The highest BCUT2D eigenvalue weighted by molar-refractivity contribution is 6.03. The lowest BCUT2D eigenvalue weighted by Gasteiger charge is -2.14. The van der Waals surface area contributed by atoms with Crippen LogP contribution in [0.1, 0.15) is 23.2 Å². The molecule has 0 unspecified atom stereocenters. The summed E-state index contributed by atoms with van der Waals surface area (Å²) >= 11 is 0. The maximum absolute atomic E-state index is 11.9. The highest BCUT2D eigenvalue weighted by Crippen LogP contribution is 2.45. The number of aromatic hydroxyl groups is 1. The summed E-state index contributed by atoms with van der Waals surface area (Å²) in [6.45, 7) is 0.249. The van der Waals surface area contributed by atoms with Crippen molar-refractivity contribution in [3.8, 4) is 5.75 Å². The smallest absolute Gasteiger partial charge is 0.337 e. The lowest BCUT2D eigenvalue weighted by Crippen LogP contribution is -2.31. The van der Waals surface area contributed by atoms with Gasteiger partial charge in [0.2, 0.25) is 5.91 Å². The number of rotatable bonds is 4. The predicted octanol–water partition coefficient (Wildman–Crippen LogP) is 0.768. The average Bonchev–Trinajstić information content (AvgIpc) is 3.12. The fraction of sp³-hybridized carbons (Fsp3) is 0.333. The predicted molar refractivity (Wildman–Crippen MR) is 64.4 cm³/mol. The molecular formula is C12H14N2O4. The molecule has 1 aromatic rings. The van der Waals surface area contributed by atoms with Gasteiger partial charge in [0.25, 0.3) is 0 Å². The quantitative estimate of drug-likeness (QED) is 0.589. The van der Waals surface area contributed by atoms with Gasteiger partial charge in [0.05, 0.1) is 16.7 Å². The van der Waals surface area contributed by atoms with Gasteiger partial charge in [0.15, 0.2) is 0 Å². The van der Waals surface area contributed by atoms with Gasteiger partial charge in [-0.15, -0.1) is 0 Å². The van der Waals surface area contributed by atoms with Crippen LogP contribution in [-0.2, 0) is 4.79 Å². The van der Waals surface area contributed by atoms with Crippen molar-refractivity contribution < 1.29 is 19.8 Å². The molecule has 1 aromatic carbocycles. The number of nitrogens with one attached hydrogen (secondary N) is 1. The van der Waals surface area contributed by atoms with Crippen LogP contribution in [0.5, 0.6) is 5.75 Å². The molecule has 2 rings (SSSR count). The number of benzene rings is 1. The molecule has 1 aliphatic rings. The molecule has 0 radical (unpaired) electrons. The zero-order valence-electron chi connectivity index (χ0n) is 9.64. The molecule has 0 aromatic heterocycles. The van der Waals surface area contributed by atoms with Crippen LogP contribution in [0.25, 0.3) is 0 Å². The molecule has 6 nitrogen and oxygen atoms in total. The maximum Gasteiger partial charge on any atom is 0.337 e. The largest absolute Gasteiger partial charge is 0.508 e. The second kappa shape index (κ2) is 4.30. The maximum atomic E-state index is 11.9. The van der Waals surface area contributed by atoms with Crippen LogP contribution in [0, 0.1) is 5.41 Å². The van der Waals surface area contributed by atoms with Crippen LogP contribution in [-0.4, -0.2) is 28.6 Å². The zero-order valence-corrected chi connectivity index (χ0v) is 9.64. The van der Waals surface area contributed by atoms with Gasteiger partial charge in [-0.1, -0.05) is 0 Å².